The molecule has 0 saturated heterocycles. The molecule has 0 aromatic heterocycles. The highest BCUT2D eigenvalue weighted by Gasteiger charge is 2.29. The van der Waals surface area contributed by atoms with Crippen molar-refractivity contribution in [2.24, 2.45) is 0 Å². The molecule has 8 nitrogen and oxygen atoms in total. The van der Waals surface area contributed by atoms with Crippen LogP contribution in [0.4, 0.5) is 11.4 Å². The van der Waals surface area contributed by atoms with Gasteiger partial charge in [-0.25, -0.2) is 8.42 Å². The highest BCUT2D eigenvalue weighted by Crippen LogP contribution is 2.33. The van der Waals surface area contributed by atoms with Gasteiger partial charge in [-0.1, -0.05) is 17.7 Å². The van der Waals surface area contributed by atoms with E-state index >= 15 is 0 Å². The Labute approximate surface area is 210 Å². The van der Waals surface area contributed by atoms with E-state index in [9.17, 15) is 13.2 Å². The summed E-state index contributed by atoms with van der Waals surface area (Å²) in [7, 11) is 0.208. The molecular formula is C25H27ClN2O6S. The Morgan fingerprint density at radius 1 is 0.857 bits per heavy atom. The number of methoxy groups -OCH3 is 3. The molecule has 0 saturated carbocycles. The molecule has 0 fully saturated rings. The Balaban J connectivity index is 2.01. The van der Waals surface area contributed by atoms with Crippen LogP contribution in [0.15, 0.2) is 59.5 Å². The van der Waals surface area contributed by atoms with Crippen LogP contribution in [0, 0.1) is 13.8 Å². The van der Waals surface area contributed by atoms with Crippen molar-refractivity contribution in [2.45, 2.75) is 18.7 Å². The predicted molar refractivity (Wildman–Crippen MR) is 137 cm³/mol. The number of aryl methyl sites for hydroxylation is 2. The molecule has 35 heavy (non-hydrogen) atoms. The monoisotopic (exact) mass is 518 g/mol. The first-order valence-corrected chi connectivity index (χ1v) is 12.4. The molecule has 3 aromatic carbocycles. The zero-order valence-electron chi connectivity index (χ0n) is 20.1. The zero-order valence-corrected chi connectivity index (χ0v) is 21.7. The largest absolute Gasteiger partial charge is 0.495 e. The van der Waals surface area contributed by atoms with Gasteiger partial charge in [0.15, 0.2) is 11.5 Å². The molecule has 10 heteroatoms. The van der Waals surface area contributed by atoms with Gasteiger partial charge in [0, 0.05) is 11.8 Å². The molecule has 0 bridgehead atoms. The Kier molecular flexibility index (Phi) is 8.14. The second-order valence-corrected chi connectivity index (χ2v) is 10.0. The van der Waals surface area contributed by atoms with Gasteiger partial charge in [-0.3, -0.25) is 9.10 Å². The van der Waals surface area contributed by atoms with Crippen molar-refractivity contribution in [1.29, 1.82) is 0 Å². The third-order valence-corrected chi connectivity index (χ3v) is 7.23. The Morgan fingerprint density at radius 2 is 1.46 bits per heavy atom. The molecule has 186 valence electrons. The highest BCUT2D eigenvalue weighted by molar-refractivity contribution is 7.92. The minimum atomic E-state index is -4.16. The molecule has 0 unspecified atom stereocenters. The quantitative estimate of drug-likeness (QED) is 0.436. The number of amides is 1. The second-order valence-electron chi connectivity index (χ2n) is 7.77. The summed E-state index contributed by atoms with van der Waals surface area (Å²) in [5.41, 5.74) is 2.48. The maximum absolute atomic E-state index is 13.8. The molecule has 0 aliphatic heterocycles. The summed E-state index contributed by atoms with van der Waals surface area (Å²) < 4.78 is 44.2. The van der Waals surface area contributed by atoms with Crippen LogP contribution in [-0.4, -0.2) is 42.2 Å². The number of benzene rings is 3. The third kappa shape index (κ3) is 5.98. The van der Waals surface area contributed by atoms with Gasteiger partial charge in [-0.15, -0.1) is 0 Å². The van der Waals surface area contributed by atoms with Gasteiger partial charge < -0.3 is 19.5 Å². The van der Waals surface area contributed by atoms with Gasteiger partial charge in [-0.05, 0) is 67.4 Å². The molecule has 0 radical (unpaired) electrons. The second kappa shape index (κ2) is 10.9. The minimum Gasteiger partial charge on any atom is -0.495 e. The molecule has 3 rings (SSSR count). The number of halogens is 1. The van der Waals surface area contributed by atoms with Crippen molar-refractivity contribution in [3.8, 4) is 17.2 Å². The van der Waals surface area contributed by atoms with Gasteiger partial charge in [0.1, 0.15) is 12.3 Å². The molecule has 0 atom stereocenters. The maximum atomic E-state index is 13.8. The number of nitrogens with one attached hydrogen (secondary N) is 1. The summed E-state index contributed by atoms with van der Waals surface area (Å²) in [6.45, 7) is 3.25. The third-order valence-electron chi connectivity index (χ3n) is 5.16. The molecule has 1 N–H and O–H groups in total. The number of rotatable bonds is 9. The van der Waals surface area contributed by atoms with E-state index in [0.717, 1.165) is 15.4 Å². The SMILES string of the molecule is COc1ccc(NC(=O)CN(c2cc(C)cc(C)c2)S(=O)(=O)c2ccc(OC)c(OC)c2)cc1Cl. The summed E-state index contributed by atoms with van der Waals surface area (Å²) >= 11 is 6.15. The van der Waals surface area contributed by atoms with E-state index in [0.29, 0.717) is 27.9 Å². The number of anilines is 2. The average Bonchev–Trinajstić information content (AvgIpc) is 2.81. The number of carbonyl (C=O) groups is 1. The molecule has 0 aliphatic carbocycles. The van der Waals surface area contributed by atoms with E-state index in [2.05, 4.69) is 5.32 Å². The summed E-state index contributed by atoms with van der Waals surface area (Å²) in [5, 5.41) is 3.01. The summed E-state index contributed by atoms with van der Waals surface area (Å²) in [4.78, 5) is 13.0. The van der Waals surface area contributed by atoms with E-state index in [4.69, 9.17) is 25.8 Å². The lowest BCUT2D eigenvalue weighted by atomic mass is 10.1. The number of ether oxygens (including phenoxy) is 3. The van der Waals surface area contributed by atoms with Crippen LogP contribution >= 0.6 is 11.6 Å². The van der Waals surface area contributed by atoms with Crippen molar-refractivity contribution in [1.82, 2.24) is 0 Å². The Morgan fingerprint density at radius 3 is 2.03 bits per heavy atom. The topological polar surface area (TPSA) is 94.2 Å². The molecule has 0 heterocycles. The van der Waals surface area contributed by atoms with Crippen molar-refractivity contribution < 1.29 is 27.4 Å². The van der Waals surface area contributed by atoms with E-state index < -0.39 is 22.5 Å². The maximum Gasteiger partial charge on any atom is 0.264 e. The predicted octanol–water partition coefficient (Wildman–Crippen LogP) is 4.82. The van der Waals surface area contributed by atoms with Gasteiger partial charge in [0.25, 0.3) is 10.0 Å². The van der Waals surface area contributed by atoms with Crippen LogP contribution < -0.4 is 23.8 Å². The van der Waals surface area contributed by atoms with Gasteiger partial charge in [0.05, 0.1) is 36.9 Å². The summed E-state index contributed by atoms with van der Waals surface area (Å²) in [5.74, 6) is 0.553. The first-order valence-electron chi connectivity index (χ1n) is 10.6. The lowest BCUT2D eigenvalue weighted by Gasteiger charge is -2.25. The van der Waals surface area contributed by atoms with Crippen LogP contribution in [-0.2, 0) is 14.8 Å². The first kappa shape index (κ1) is 26.2. The number of hydrogen-bond acceptors (Lipinski definition) is 6. The fourth-order valence-corrected chi connectivity index (χ4v) is 5.27. The van der Waals surface area contributed by atoms with Gasteiger partial charge >= 0.3 is 0 Å². The van der Waals surface area contributed by atoms with Crippen molar-refractivity contribution in [3.63, 3.8) is 0 Å². The van der Waals surface area contributed by atoms with Crippen LogP contribution in [0.1, 0.15) is 11.1 Å². The number of carbonyl (C=O) groups excluding carboxylic acids is 1. The van der Waals surface area contributed by atoms with Crippen molar-refractivity contribution in [2.75, 3.05) is 37.5 Å². The fourth-order valence-electron chi connectivity index (χ4n) is 3.59. The van der Waals surface area contributed by atoms with E-state index in [1.165, 1.54) is 45.6 Å². The zero-order chi connectivity index (χ0) is 25.8. The van der Waals surface area contributed by atoms with Crippen molar-refractivity contribution >= 4 is 38.9 Å². The van der Waals surface area contributed by atoms with Crippen LogP contribution in [0.3, 0.4) is 0 Å². The normalized spacial score (nSPS) is 11.0. The fraction of sp³-hybridized carbons (Fsp3) is 0.240. The number of sulfonamides is 1. The first-order chi connectivity index (χ1) is 16.6. The standard InChI is InChI=1S/C25H27ClN2O6S/c1-16-10-17(2)12-19(11-16)28(15-25(29)27-18-6-8-22(32-3)21(26)13-18)35(30,31)20-7-9-23(33-4)24(14-20)34-5/h6-14H,15H2,1-5H3,(H,27,29). The van der Waals surface area contributed by atoms with E-state index in [1.54, 1.807) is 24.3 Å². The van der Waals surface area contributed by atoms with Gasteiger partial charge in [-0.2, -0.15) is 0 Å². The molecular weight excluding hydrogens is 492 g/mol. The van der Waals surface area contributed by atoms with Gasteiger partial charge in [0.2, 0.25) is 5.91 Å². The molecule has 0 spiro atoms. The molecule has 0 aliphatic rings. The van der Waals surface area contributed by atoms with Crippen LogP contribution in [0.5, 0.6) is 17.2 Å². The van der Waals surface area contributed by atoms with E-state index in [1.807, 2.05) is 19.9 Å². The van der Waals surface area contributed by atoms with Crippen molar-refractivity contribution in [3.05, 3.63) is 70.7 Å². The Hall–Kier alpha value is -3.43. The number of nitrogens with zero attached hydrogens (tertiary/aromatic N) is 1. The van der Waals surface area contributed by atoms with E-state index in [-0.39, 0.29) is 10.6 Å². The average molecular weight is 519 g/mol. The summed E-state index contributed by atoms with van der Waals surface area (Å²) in [6.07, 6.45) is 0. The lowest BCUT2D eigenvalue weighted by molar-refractivity contribution is -0.114. The van der Waals surface area contributed by atoms with Crippen LogP contribution in [0.25, 0.3) is 0 Å². The highest BCUT2D eigenvalue weighted by atomic mass is 35.5. The van der Waals surface area contributed by atoms with Crippen LogP contribution in [0.2, 0.25) is 5.02 Å². The Bertz CT molecular complexity index is 1320. The summed E-state index contributed by atoms with van der Waals surface area (Å²) in [6, 6.07) is 14.4. The molecule has 1 amide bonds. The lowest BCUT2D eigenvalue weighted by Crippen LogP contribution is -2.38. The smallest absolute Gasteiger partial charge is 0.264 e. The number of hydrogen-bond donors (Lipinski definition) is 1. The molecule has 3 aromatic rings. The minimum absolute atomic E-state index is 0.0467.